The Kier molecular flexibility index (Phi) is 12.1. The Morgan fingerprint density at radius 3 is 2.57 bits per heavy atom. The number of benzene rings is 1. The molecule has 1 aromatic heterocycles. The number of aliphatic imine (C=N–C) groups is 1. The van der Waals surface area contributed by atoms with Crippen LogP contribution in [0.25, 0.3) is 0 Å². The number of hydrogen-bond acceptors (Lipinski definition) is 5. The van der Waals surface area contributed by atoms with Gasteiger partial charge in [0, 0.05) is 66.1 Å². The number of aromatic nitrogens is 1. The van der Waals surface area contributed by atoms with Crippen molar-refractivity contribution in [2.75, 3.05) is 46.4 Å². The molecule has 30 heavy (non-hydrogen) atoms. The number of aryl methyl sites for hydroxylation is 1. The molecule has 1 heterocycles. The maximum absolute atomic E-state index is 5.96. The number of pyridine rings is 1. The van der Waals surface area contributed by atoms with E-state index in [-0.39, 0.29) is 24.0 Å². The Hall–Kier alpha value is -2.07. The molecule has 0 aliphatic carbocycles. The molecule has 1 aromatic carbocycles. The van der Waals surface area contributed by atoms with E-state index in [4.69, 9.17) is 9.47 Å². The van der Waals surface area contributed by atoms with Crippen molar-refractivity contribution >= 4 is 35.8 Å². The van der Waals surface area contributed by atoms with Gasteiger partial charge in [-0.1, -0.05) is 12.1 Å². The van der Waals surface area contributed by atoms with Crippen LogP contribution in [0.2, 0.25) is 0 Å². The van der Waals surface area contributed by atoms with E-state index >= 15 is 0 Å². The van der Waals surface area contributed by atoms with E-state index in [1.54, 1.807) is 14.2 Å². The van der Waals surface area contributed by atoms with Crippen LogP contribution < -0.4 is 20.3 Å². The van der Waals surface area contributed by atoms with Gasteiger partial charge in [0.25, 0.3) is 0 Å². The molecule has 0 unspecified atom stereocenters. The highest BCUT2D eigenvalue weighted by Crippen LogP contribution is 2.20. The fourth-order valence-electron chi connectivity index (χ4n) is 2.73. The van der Waals surface area contributed by atoms with Gasteiger partial charge in [0.2, 0.25) is 0 Å². The number of rotatable bonds is 10. The second-order valence-corrected chi connectivity index (χ2v) is 7.00. The molecule has 166 valence electrons. The molecule has 7 nitrogen and oxygen atoms in total. The Morgan fingerprint density at radius 2 is 1.87 bits per heavy atom. The molecule has 2 N–H and O–H groups in total. The molecular formula is C22H34IN5O2. The van der Waals surface area contributed by atoms with Gasteiger partial charge in [-0.05, 0) is 36.2 Å². The van der Waals surface area contributed by atoms with Crippen LogP contribution in [0.4, 0.5) is 5.82 Å². The van der Waals surface area contributed by atoms with Crippen molar-refractivity contribution in [1.82, 2.24) is 15.6 Å². The van der Waals surface area contributed by atoms with E-state index in [9.17, 15) is 0 Å². The molecule has 0 bridgehead atoms. The molecule has 2 aromatic rings. The van der Waals surface area contributed by atoms with Gasteiger partial charge < -0.3 is 25.0 Å². The van der Waals surface area contributed by atoms with Gasteiger partial charge in [0.15, 0.2) is 5.96 Å². The van der Waals surface area contributed by atoms with E-state index in [1.165, 1.54) is 5.56 Å². The standard InChI is InChI=1S/C22H33N5O2.HI/c1-17-7-8-19(20(13-17)29-12-6-11-28-5)16-26-22(23-2)25-15-18-9-10-24-21(14-18)27(3)4;/h7-10,13-14H,6,11-12,15-16H2,1-5H3,(H2,23,25,26);1H. The number of nitrogens with one attached hydrogen (secondary N) is 2. The van der Waals surface area contributed by atoms with Crippen molar-refractivity contribution in [3.05, 3.63) is 53.2 Å². The second kappa shape index (κ2) is 14.0. The van der Waals surface area contributed by atoms with E-state index in [0.717, 1.165) is 35.1 Å². The first-order chi connectivity index (χ1) is 14.0. The maximum atomic E-state index is 5.96. The summed E-state index contributed by atoms with van der Waals surface area (Å²) >= 11 is 0. The highest BCUT2D eigenvalue weighted by atomic mass is 127. The first-order valence-corrected chi connectivity index (χ1v) is 9.81. The predicted molar refractivity (Wildman–Crippen MR) is 134 cm³/mol. The van der Waals surface area contributed by atoms with E-state index in [0.29, 0.717) is 26.3 Å². The number of hydrogen-bond donors (Lipinski definition) is 2. The number of ether oxygens (including phenoxy) is 2. The second-order valence-electron chi connectivity index (χ2n) is 7.00. The molecule has 0 aliphatic heterocycles. The minimum Gasteiger partial charge on any atom is -0.493 e. The summed E-state index contributed by atoms with van der Waals surface area (Å²) in [6.45, 7) is 4.68. The molecule has 2 rings (SSSR count). The van der Waals surface area contributed by atoms with Crippen molar-refractivity contribution in [3.63, 3.8) is 0 Å². The molecule has 0 saturated carbocycles. The minimum atomic E-state index is 0. The Morgan fingerprint density at radius 1 is 1.10 bits per heavy atom. The van der Waals surface area contributed by atoms with Gasteiger partial charge in [-0.3, -0.25) is 4.99 Å². The quantitative estimate of drug-likeness (QED) is 0.214. The third kappa shape index (κ3) is 8.74. The van der Waals surface area contributed by atoms with Crippen LogP contribution in [-0.4, -0.2) is 52.4 Å². The third-order valence-electron chi connectivity index (χ3n) is 4.37. The first kappa shape index (κ1) is 26.0. The van der Waals surface area contributed by atoms with Gasteiger partial charge in [0.1, 0.15) is 11.6 Å². The Labute approximate surface area is 197 Å². The van der Waals surface area contributed by atoms with Crippen molar-refractivity contribution in [2.24, 2.45) is 4.99 Å². The lowest BCUT2D eigenvalue weighted by Crippen LogP contribution is -2.36. The van der Waals surface area contributed by atoms with Crippen LogP contribution in [0.1, 0.15) is 23.1 Å². The van der Waals surface area contributed by atoms with Gasteiger partial charge in [0.05, 0.1) is 6.61 Å². The van der Waals surface area contributed by atoms with E-state index < -0.39 is 0 Å². The average Bonchev–Trinajstić information content (AvgIpc) is 2.72. The first-order valence-electron chi connectivity index (χ1n) is 9.81. The predicted octanol–water partition coefficient (Wildman–Crippen LogP) is 3.35. The summed E-state index contributed by atoms with van der Waals surface area (Å²) in [5.74, 6) is 2.56. The highest BCUT2D eigenvalue weighted by molar-refractivity contribution is 14.0. The fourth-order valence-corrected chi connectivity index (χ4v) is 2.73. The minimum absolute atomic E-state index is 0. The molecule has 0 aliphatic rings. The Balaban J connectivity index is 0.00000450. The smallest absolute Gasteiger partial charge is 0.191 e. The lowest BCUT2D eigenvalue weighted by molar-refractivity contribution is 0.171. The van der Waals surface area contributed by atoms with Gasteiger partial charge in [-0.2, -0.15) is 0 Å². The van der Waals surface area contributed by atoms with Crippen molar-refractivity contribution in [3.8, 4) is 5.75 Å². The van der Waals surface area contributed by atoms with Gasteiger partial charge in [-0.15, -0.1) is 24.0 Å². The monoisotopic (exact) mass is 527 g/mol. The van der Waals surface area contributed by atoms with Crippen molar-refractivity contribution < 1.29 is 9.47 Å². The van der Waals surface area contributed by atoms with Crippen LogP contribution in [0.3, 0.4) is 0 Å². The summed E-state index contributed by atoms with van der Waals surface area (Å²) in [5.41, 5.74) is 3.41. The van der Waals surface area contributed by atoms with Crippen LogP contribution in [0, 0.1) is 6.92 Å². The highest BCUT2D eigenvalue weighted by Gasteiger charge is 2.07. The lowest BCUT2D eigenvalue weighted by atomic mass is 10.1. The third-order valence-corrected chi connectivity index (χ3v) is 4.37. The molecular weight excluding hydrogens is 493 g/mol. The normalized spacial score (nSPS) is 10.9. The topological polar surface area (TPSA) is 71.0 Å². The Bertz CT molecular complexity index is 799. The summed E-state index contributed by atoms with van der Waals surface area (Å²) in [7, 11) is 7.44. The molecule has 0 spiro atoms. The van der Waals surface area contributed by atoms with E-state index in [1.807, 2.05) is 31.3 Å². The molecule has 0 radical (unpaired) electrons. The molecule has 0 fully saturated rings. The summed E-state index contributed by atoms with van der Waals surface area (Å²) in [6.07, 6.45) is 2.68. The number of methoxy groups -OCH3 is 1. The summed E-state index contributed by atoms with van der Waals surface area (Å²) in [6, 6.07) is 10.3. The van der Waals surface area contributed by atoms with E-state index in [2.05, 4.69) is 51.8 Å². The number of anilines is 1. The number of nitrogens with zero attached hydrogens (tertiary/aromatic N) is 3. The number of halogens is 1. The van der Waals surface area contributed by atoms with Crippen molar-refractivity contribution in [1.29, 1.82) is 0 Å². The number of guanidine groups is 1. The molecule has 0 atom stereocenters. The summed E-state index contributed by atoms with van der Waals surface area (Å²) < 4.78 is 11.0. The molecule has 8 heteroatoms. The van der Waals surface area contributed by atoms with Crippen LogP contribution in [0.5, 0.6) is 5.75 Å². The summed E-state index contributed by atoms with van der Waals surface area (Å²) in [4.78, 5) is 10.7. The fraction of sp³-hybridized carbons (Fsp3) is 0.455. The zero-order valence-corrected chi connectivity index (χ0v) is 20.9. The zero-order chi connectivity index (χ0) is 21.1. The van der Waals surface area contributed by atoms with Crippen molar-refractivity contribution in [2.45, 2.75) is 26.4 Å². The molecule has 0 amide bonds. The molecule has 0 saturated heterocycles. The average molecular weight is 527 g/mol. The lowest BCUT2D eigenvalue weighted by Gasteiger charge is -2.16. The van der Waals surface area contributed by atoms with Gasteiger partial charge >= 0.3 is 0 Å². The summed E-state index contributed by atoms with van der Waals surface area (Å²) in [5, 5.41) is 6.71. The SMILES string of the molecule is CN=C(NCc1ccnc(N(C)C)c1)NCc1ccc(C)cc1OCCCOC.I. The van der Waals surface area contributed by atoms with Crippen LogP contribution in [0.15, 0.2) is 41.5 Å². The van der Waals surface area contributed by atoms with Crippen LogP contribution in [-0.2, 0) is 17.8 Å². The van der Waals surface area contributed by atoms with Gasteiger partial charge in [-0.25, -0.2) is 4.98 Å². The largest absolute Gasteiger partial charge is 0.493 e. The zero-order valence-electron chi connectivity index (χ0n) is 18.6. The maximum Gasteiger partial charge on any atom is 0.191 e. The van der Waals surface area contributed by atoms with Crippen LogP contribution >= 0.6 is 24.0 Å².